The molecule has 1 saturated heterocycles. The van der Waals surface area contributed by atoms with Crippen molar-refractivity contribution in [3.05, 3.63) is 53.2 Å². The maximum Gasteiger partial charge on any atom is 0.247 e. The van der Waals surface area contributed by atoms with E-state index in [-0.39, 0.29) is 18.2 Å². The lowest BCUT2D eigenvalue weighted by Gasteiger charge is -2.17. The van der Waals surface area contributed by atoms with Crippen LogP contribution >= 0.6 is 11.8 Å². The van der Waals surface area contributed by atoms with Gasteiger partial charge in [0.15, 0.2) is 5.16 Å². The molecule has 0 bridgehead atoms. The number of aromatic nitrogens is 2. The van der Waals surface area contributed by atoms with Gasteiger partial charge in [-0.2, -0.15) is 0 Å². The number of ether oxygens (including phenoxy) is 1. The van der Waals surface area contributed by atoms with Crippen LogP contribution in [0.25, 0.3) is 10.9 Å². The SMILES string of the molecule is CCOc1ccc2nc(S[C@H]3CC(=O)N(c4ccc(C)cc4C)C3=O)nc(C)c2c1. The summed E-state index contributed by atoms with van der Waals surface area (Å²) in [6.07, 6.45) is 0.139. The lowest BCUT2D eigenvalue weighted by molar-refractivity contribution is -0.121. The molecule has 4 rings (SSSR count). The number of nitrogens with zero attached hydrogens (tertiary/aromatic N) is 3. The van der Waals surface area contributed by atoms with Gasteiger partial charge in [-0.3, -0.25) is 9.59 Å². The van der Waals surface area contributed by atoms with Crippen molar-refractivity contribution in [1.29, 1.82) is 0 Å². The van der Waals surface area contributed by atoms with Gasteiger partial charge in [-0.25, -0.2) is 14.9 Å². The first-order chi connectivity index (χ1) is 14.4. The Kier molecular flexibility index (Phi) is 5.47. The molecule has 2 heterocycles. The van der Waals surface area contributed by atoms with Crippen LogP contribution < -0.4 is 9.64 Å². The zero-order chi connectivity index (χ0) is 21.4. The van der Waals surface area contributed by atoms with Gasteiger partial charge >= 0.3 is 0 Å². The summed E-state index contributed by atoms with van der Waals surface area (Å²) in [4.78, 5) is 36.1. The van der Waals surface area contributed by atoms with Crippen LogP contribution in [0.15, 0.2) is 41.6 Å². The van der Waals surface area contributed by atoms with Crippen LogP contribution in [-0.2, 0) is 9.59 Å². The van der Waals surface area contributed by atoms with Crippen molar-refractivity contribution in [3.63, 3.8) is 0 Å². The average Bonchev–Trinajstić information content (AvgIpc) is 2.96. The highest BCUT2D eigenvalue weighted by molar-refractivity contribution is 8.00. The summed E-state index contributed by atoms with van der Waals surface area (Å²) in [5.41, 5.74) is 4.25. The van der Waals surface area contributed by atoms with E-state index in [4.69, 9.17) is 4.74 Å². The minimum Gasteiger partial charge on any atom is -0.494 e. The first-order valence-corrected chi connectivity index (χ1v) is 10.8. The minimum atomic E-state index is -0.530. The number of hydrogen-bond donors (Lipinski definition) is 0. The van der Waals surface area contributed by atoms with Crippen LogP contribution in [-0.4, -0.2) is 33.6 Å². The number of fused-ring (bicyclic) bond motifs is 1. The van der Waals surface area contributed by atoms with E-state index in [9.17, 15) is 9.59 Å². The van der Waals surface area contributed by atoms with Crippen molar-refractivity contribution < 1.29 is 14.3 Å². The Hall–Kier alpha value is -2.93. The van der Waals surface area contributed by atoms with E-state index in [1.807, 2.05) is 64.1 Å². The number of anilines is 1. The van der Waals surface area contributed by atoms with Crippen molar-refractivity contribution in [2.45, 2.75) is 44.5 Å². The predicted octanol–water partition coefficient (Wildman–Crippen LogP) is 4.38. The van der Waals surface area contributed by atoms with E-state index >= 15 is 0 Å². The van der Waals surface area contributed by atoms with E-state index in [1.54, 1.807) is 0 Å². The van der Waals surface area contributed by atoms with Crippen molar-refractivity contribution in [2.24, 2.45) is 0 Å². The van der Waals surface area contributed by atoms with Gasteiger partial charge < -0.3 is 4.74 Å². The van der Waals surface area contributed by atoms with Gasteiger partial charge in [0, 0.05) is 17.5 Å². The third kappa shape index (κ3) is 3.77. The quantitative estimate of drug-likeness (QED) is 0.450. The van der Waals surface area contributed by atoms with E-state index in [2.05, 4.69) is 9.97 Å². The maximum absolute atomic E-state index is 13.0. The van der Waals surface area contributed by atoms with Crippen molar-refractivity contribution >= 4 is 40.2 Å². The number of thioether (sulfide) groups is 1. The molecule has 0 aliphatic carbocycles. The molecule has 0 unspecified atom stereocenters. The molecule has 3 aromatic rings. The summed E-state index contributed by atoms with van der Waals surface area (Å²) in [5.74, 6) is 0.367. The number of imide groups is 1. The highest BCUT2D eigenvalue weighted by Crippen LogP contribution is 2.35. The van der Waals surface area contributed by atoms with Crippen molar-refractivity contribution in [3.8, 4) is 5.75 Å². The highest BCUT2D eigenvalue weighted by Gasteiger charge is 2.41. The number of carbonyl (C=O) groups is 2. The molecule has 1 aromatic heterocycles. The Morgan fingerprint density at radius 1 is 1.10 bits per heavy atom. The Morgan fingerprint density at radius 3 is 2.63 bits per heavy atom. The normalized spacial score (nSPS) is 16.5. The third-order valence-electron chi connectivity index (χ3n) is 5.09. The van der Waals surface area contributed by atoms with Crippen LogP contribution in [0.3, 0.4) is 0 Å². The van der Waals surface area contributed by atoms with Crippen LogP contribution in [0, 0.1) is 20.8 Å². The Morgan fingerprint density at radius 2 is 1.90 bits per heavy atom. The molecule has 0 radical (unpaired) electrons. The fourth-order valence-electron chi connectivity index (χ4n) is 3.68. The fraction of sp³-hybridized carbons (Fsp3) is 0.304. The van der Waals surface area contributed by atoms with Gasteiger partial charge in [0.2, 0.25) is 11.8 Å². The molecule has 1 aliphatic rings. The number of hydrogen-bond acceptors (Lipinski definition) is 6. The zero-order valence-electron chi connectivity index (χ0n) is 17.4. The molecule has 2 aromatic carbocycles. The van der Waals surface area contributed by atoms with Gasteiger partial charge in [0.25, 0.3) is 0 Å². The smallest absolute Gasteiger partial charge is 0.247 e. The van der Waals surface area contributed by atoms with Gasteiger partial charge in [0.1, 0.15) is 11.0 Å². The van der Waals surface area contributed by atoms with Crippen LogP contribution in [0.5, 0.6) is 5.75 Å². The molecule has 154 valence electrons. The second kappa shape index (κ2) is 8.07. The molecule has 1 fully saturated rings. The number of amides is 2. The first-order valence-electron chi connectivity index (χ1n) is 9.89. The maximum atomic E-state index is 13.0. The molecule has 0 N–H and O–H groups in total. The lowest BCUT2D eigenvalue weighted by atomic mass is 10.1. The molecule has 0 spiro atoms. The molecule has 1 aliphatic heterocycles. The minimum absolute atomic E-state index is 0.139. The van der Waals surface area contributed by atoms with Gasteiger partial charge in [-0.1, -0.05) is 29.5 Å². The fourth-order valence-corrected chi connectivity index (χ4v) is 4.70. The number of rotatable bonds is 5. The third-order valence-corrected chi connectivity index (χ3v) is 6.14. The van der Waals surface area contributed by atoms with Gasteiger partial charge in [-0.15, -0.1) is 0 Å². The zero-order valence-corrected chi connectivity index (χ0v) is 18.2. The molecule has 7 heteroatoms. The number of carbonyl (C=O) groups excluding carboxylic acids is 2. The van der Waals surface area contributed by atoms with Crippen molar-refractivity contribution in [2.75, 3.05) is 11.5 Å². The van der Waals surface area contributed by atoms with Crippen LogP contribution in [0.1, 0.15) is 30.2 Å². The number of aryl methyl sites for hydroxylation is 3. The molecular formula is C23H23N3O3S. The Balaban J connectivity index is 1.60. The Bertz CT molecular complexity index is 1160. The second-order valence-corrected chi connectivity index (χ2v) is 8.54. The topological polar surface area (TPSA) is 72.4 Å². The molecule has 1 atom stereocenters. The van der Waals surface area contributed by atoms with E-state index < -0.39 is 5.25 Å². The van der Waals surface area contributed by atoms with Crippen LogP contribution in [0.2, 0.25) is 0 Å². The molecule has 6 nitrogen and oxygen atoms in total. The Labute approximate surface area is 179 Å². The monoisotopic (exact) mass is 421 g/mol. The highest BCUT2D eigenvalue weighted by atomic mass is 32.2. The summed E-state index contributed by atoms with van der Waals surface area (Å²) in [6.45, 7) is 8.34. The molecule has 30 heavy (non-hydrogen) atoms. The average molecular weight is 422 g/mol. The van der Waals surface area contributed by atoms with Gasteiger partial charge in [0.05, 0.1) is 17.8 Å². The second-order valence-electron chi connectivity index (χ2n) is 7.37. The molecule has 0 saturated carbocycles. The summed E-state index contributed by atoms with van der Waals surface area (Å²) in [6, 6.07) is 11.4. The predicted molar refractivity (Wildman–Crippen MR) is 118 cm³/mol. The number of benzene rings is 2. The summed E-state index contributed by atoms with van der Waals surface area (Å²) in [7, 11) is 0. The lowest BCUT2D eigenvalue weighted by Crippen LogP contribution is -2.31. The standard InChI is InChI=1S/C23H23N3O3S/c1-5-29-16-7-8-18-17(11-16)15(4)24-23(25-18)30-20-12-21(27)26(22(20)28)19-9-6-13(2)10-14(19)3/h6-11,20H,5,12H2,1-4H3/t20-/m0/s1. The summed E-state index contributed by atoms with van der Waals surface area (Å²) in [5, 5.41) is 0.881. The summed E-state index contributed by atoms with van der Waals surface area (Å²) < 4.78 is 5.56. The van der Waals surface area contributed by atoms with E-state index in [0.29, 0.717) is 17.5 Å². The van der Waals surface area contributed by atoms with Crippen molar-refractivity contribution in [1.82, 2.24) is 9.97 Å². The van der Waals surface area contributed by atoms with E-state index in [1.165, 1.54) is 16.7 Å². The first kappa shape index (κ1) is 20.3. The van der Waals surface area contributed by atoms with Gasteiger partial charge in [-0.05, 0) is 57.5 Å². The largest absolute Gasteiger partial charge is 0.494 e. The molecular weight excluding hydrogens is 398 g/mol. The van der Waals surface area contributed by atoms with E-state index in [0.717, 1.165) is 33.5 Å². The van der Waals surface area contributed by atoms with Crippen LogP contribution in [0.4, 0.5) is 5.69 Å². The molecule has 2 amide bonds. The summed E-state index contributed by atoms with van der Waals surface area (Å²) >= 11 is 1.25.